The highest BCUT2D eigenvalue weighted by Crippen LogP contribution is 2.26. The maximum absolute atomic E-state index is 14.2. The van der Waals surface area contributed by atoms with E-state index in [0.717, 1.165) is 13.4 Å². The van der Waals surface area contributed by atoms with E-state index in [1.54, 1.807) is 60.7 Å². The van der Waals surface area contributed by atoms with Crippen LogP contribution in [0.2, 0.25) is 5.02 Å². The minimum absolute atomic E-state index is 0.0518. The highest BCUT2D eigenvalue weighted by Gasteiger charge is 2.34. The summed E-state index contributed by atoms with van der Waals surface area (Å²) in [6.45, 7) is -0.461. The van der Waals surface area contributed by atoms with Crippen LogP contribution in [0.25, 0.3) is 0 Å². The van der Waals surface area contributed by atoms with Crippen LogP contribution in [0.3, 0.4) is 0 Å². The molecular weight excluding hydrogens is 673 g/mol. The maximum Gasteiger partial charge on any atom is 0.264 e. The van der Waals surface area contributed by atoms with Crippen molar-refractivity contribution in [1.82, 2.24) is 10.2 Å². The van der Waals surface area contributed by atoms with Gasteiger partial charge in [0.1, 0.15) is 12.6 Å². The van der Waals surface area contributed by atoms with Crippen LogP contribution in [0.15, 0.2) is 114 Å². The van der Waals surface area contributed by atoms with Gasteiger partial charge in [-0.15, -0.1) is 0 Å². The summed E-state index contributed by atoms with van der Waals surface area (Å²) in [7, 11) is -2.61. The molecule has 4 rings (SSSR count). The first-order valence-electron chi connectivity index (χ1n) is 12.8. The standard InChI is InChI=1S/C31H29ClIN3O4S/c1-34-31(38)29(20-23-9-4-2-5-10-23)35(21-24-11-8-12-25(32)19-24)30(37)22-36(27-17-15-26(33)16-18-27)41(39,40)28-13-6-3-7-14-28/h2-19,29H,20-22H2,1H3,(H,34,38). The number of sulfonamides is 1. The van der Waals surface area contributed by atoms with Crippen LogP contribution >= 0.6 is 34.2 Å². The number of likely N-dealkylation sites (N-methyl/N-ethyl adjacent to an activating group) is 1. The molecular formula is C31H29ClIN3O4S. The van der Waals surface area contributed by atoms with Crippen LogP contribution < -0.4 is 9.62 Å². The Bertz CT molecular complexity index is 1590. The topological polar surface area (TPSA) is 86.8 Å². The third-order valence-electron chi connectivity index (χ3n) is 6.48. The third kappa shape index (κ3) is 7.87. The first-order chi connectivity index (χ1) is 19.7. The van der Waals surface area contributed by atoms with Gasteiger partial charge in [-0.1, -0.05) is 72.3 Å². The van der Waals surface area contributed by atoms with E-state index < -0.39 is 28.5 Å². The fraction of sp³-hybridized carbons (Fsp3) is 0.161. The van der Waals surface area contributed by atoms with Gasteiger partial charge in [0.25, 0.3) is 10.0 Å². The van der Waals surface area contributed by atoms with Gasteiger partial charge in [0.2, 0.25) is 11.8 Å². The predicted octanol–water partition coefficient (Wildman–Crippen LogP) is 5.53. The third-order valence-corrected chi connectivity index (χ3v) is 9.23. The lowest BCUT2D eigenvalue weighted by atomic mass is 10.0. The van der Waals surface area contributed by atoms with Crippen LogP contribution in [0.1, 0.15) is 11.1 Å². The number of nitrogens with one attached hydrogen (secondary N) is 1. The Kier molecular flexibility index (Phi) is 10.4. The number of hydrogen-bond donors (Lipinski definition) is 1. The second kappa shape index (κ2) is 14.0. The second-order valence-electron chi connectivity index (χ2n) is 9.27. The van der Waals surface area contributed by atoms with E-state index in [2.05, 4.69) is 27.9 Å². The lowest BCUT2D eigenvalue weighted by Crippen LogP contribution is -2.53. The molecule has 41 heavy (non-hydrogen) atoms. The number of nitrogens with zero attached hydrogens (tertiary/aromatic N) is 2. The Morgan fingerprint density at radius 2 is 1.46 bits per heavy atom. The molecule has 2 amide bonds. The van der Waals surface area contributed by atoms with Gasteiger partial charge in [-0.05, 0) is 82.2 Å². The summed E-state index contributed by atoms with van der Waals surface area (Å²) < 4.78 is 29.8. The van der Waals surface area contributed by atoms with Crippen LogP contribution in [0.4, 0.5) is 5.69 Å². The monoisotopic (exact) mass is 701 g/mol. The van der Waals surface area contributed by atoms with E-state index in [9.17, 15) is 18.0 Å². The van der Waals surface area contributed by atoms with Gasteiger partial charge < -0.3 is 10.2 Å². The average Bonchev–Trinajstić information content (AvgIpc) is 2.98. The molecule has 0 saturated heterocycles. The highest BCUT2D eigenvalue weighted by atomic mass is 127. The van der Waals surface area contributed by atoms with Crippen molar-refractivity contribution in [3.8, 4) is 0 Å². The van der Waals surface area contributed by atoms with Crippen molar-refractivity contribution in [3.63, 3.8) is 0 Å². The minimum Gasteiger partial charge on any atom is -0.357 e. The lowest BCUT2D eigenvalue weighted by Gasteiger charge is -2.33. The Morgan fingerprint density at radius 1 is 0.854 bits per heavy atom. The lowest BCUT2D eigenvalue weighted by molar-refractivity contribution is -0.139. The van der Waals surface area contributed by atoms with Gasteiger partial charge in [-0.2, -0.15) is 0 Å². The minimum atomic E-state index is -4.12. The smallest absolute Gasteiger partial charge is 0.264 e. The molecule has 0 radical (unpaired) electrons. The summed E-state index contributed by atoms with van der Waals surface area (Å²) in [5.41, 5.74) is 1.90. The van der Waals surface area contributed by atoms with E-state index in [-0.39, 0.29) is 23.8 Å². The fourth-order valence-electron chi connectivity index (χ4n) is 4.41. The molecule has 212 valence electrons. The average molecular weight is 702 g/mol. The number of hydrogen-bond acceptors (Lipinski definition) is 4. The molecule has 0 spiro atoms. The van der Waals surface area contributed by atoms with E-state index >= 15 is 0 Å². The van der Waals surface area contributed by atoms with Gasteiger partial charge in [-0.25, -0.2) is 8.42 Å². The van der Waals surface area contributed by atoms with Crippen LogP contribution in [-0.4, -0.2) is 44.8 Å². The Hall–Kier alpha value is -3.41. The number of rotatable bonds is 11. The fourth-order valence-corrected chi connectivity index (χ4v) is 6.42. The molecule has 7 nitrogen and oxygen atoms in total. The van der Waals surface area contributed by atoms with Gasteiger partial charge in [0.15, 0.2) is 0 Å². The number of amides is 2. The zero-order valence-electron chi connectivity index (χ0n) is 22.3. The first kappa shape index (κ1) is 30.5. The van der Waals surface area contributed by atoms with Crippen LogP contribution in [0.5, 0.6) is 0 Å². The zero-order valence-corrected chi connectivity index (χ0v) is 26.0. The van der Waals surface area contributed by atoms with Crippen LogP contribution in [-0.2, 0) is 32.6 Å². The van der Waals surface area contributed by atoms with E-state index in [1.165, 1.54) is 24.1 Å². The summed E-state index contributed by atoms with van der Waals surface area (Å²) in [6, 6.07) is 30.4. The molecule has 1 unspecified atom stereocenters. The number of halogens is 2. The number of anilines is 1. The molecule has 4 aromatic carbocycles. The van der Waals surface area contributed by atoms with Crippen molar-refractivity contribution in [1.29, 1.82) is 0 Å². The van der Waals surface area contributed by atoms with Crippen molar-refractivity contribution >= 4 is 61.7 Å². The van der Waals surface area contributed by atoms with E-state index in [4.69, 9.17) is 11.6 Å². The van der Waals surface area contributed by atoms with E-state index in [1.807, 2.05) is 36.4 Å². The highest BCUT2D eigenvalue weighted by molar-refractivity contribution is 14.1. The molecule has 4 aromatic rings. The SMILES string of the molecule is CNC(=O)C(Cc1ccccc1)N(Cc1cccc(Cl)c1)C(=O)CN(c1ccc(I)cc1)S(=O)(=O)c1ccccc1. The molecule has 0 heterocycles. The van der Waals surface area contributed by atoms with Crippen molar-refractivity contribution < 1.29 is 18.0 Å². The molecule has 1 atom stereocenters. The molecule has 1 N–H and O–H groups in total. The Labute approximate surface area is 259 Å². The van der Waals surface area contributed by atoms with Gasteiger partial charge >= 0.3 is 0 Å². The molecule has 10 heteroatoms. The summed E-state index contributed by atoms with van der Waals surface area (Å²) in [4.78, 5) is 29.0. The molecule has 0 saturated carbocycles. The summed E-state index contributed by atoms with van der Waals surface area (Å²) in [5, 5.41) is 3.16. The largest absolute Gasteiger partial charge is 0.357 e. The maximum atomic E-state index is 14.2. The Morgan fingerprint density at radius 3 is 2.07 bits per heavy atom. The van der Waals surface area contributed by atoms with Crippen LogP contribution in [0, 0.1) is 3.57 Å². The second-order valence-corrected chi connectivity index (χ2v) is 12.8. The van der Waals surface area contributed by atoms with Crippen molar-refractivity contribution in [3.05, 3.63) is 129 Å². The van der Waals surface area contributed by atoms with Gasteiger partial charge in [-0.3, -0.25) is 13.9 Å². The first-order valence-corrected chi connectivity index (χ1v) is 15.7. The normalized spacial score (nSPS) is 11.9. The van der Waals surface area contributed by atoms with Gasteiger partial charge in [0.05, 0.1) is 10.6 Å². The number of benzene rings is 4. The summed E-state index contributed by atoms with van der Waals surface area (Å²) in [5.74, 6) is -0.900. The molecule has 0 aliphatic carbocycles. The molecule has 0 aliphatic rings. The zero-order chi connectivity index (χ0) is 29.4. The Balaban J connectivity index is 1.78. The quantitative estimate of drug-likeness (QED) is 0.209. The summed E-state index contributed by atoms with van der Waals surface area (Å²) in [6.07, 6.45) is 0.238. The predicted molar refractivity (Wildman–Crippen MR) is 170 cm³/mol. The molecule has 0 aliphatic heterocycles. The number of carbonyl (C=O) groups is 2. The summed E-state index contributed by atoms with van der Waals surface area (Å²) >= 11 is 8.38. The van der Waals surface area contributed by atoms with Crippen molar-refractivity contribution in [2.75, 3.05) is 17.9 Å². The van der Waals surface area contributed by atoms with Crippen molar-refractivity contribution in [2.24, 2.45) is 0 Å². The van der Waals surface area contributed by atoms with Gasteiger partial charge in [0, 0.05) is 28.6 Å². The molecule has 0 bridgehead atoms. The molecule has 0 fully saturated rings. The van der Waals surface area contributed by atoms with E-state index in [0.29, 0.717) is 16.3 Å². The van der Waals surface area contributed by atoms with Crippen molar-refractivity contribution in [2.45, 2.75) is 23.9 Å². The molecule has 0 aromatic heterocycles. The number of carbonyl (C=O) groups excluding carboxylic acids is 2.